The van der Waals surface area contributed by atoms with Gasteiger partial charge in [-0.05, 0) is 32.7 Å². The molecule has 0 aromatic heterocycles. The molecule has 0 saturated carbocycles. The Bertz CT molecular complexity index is 171. The van der Waals surface area contributed by atoms with Gasteiger partial charge in [0.1, 0.15) is 0 Å². The summed E-state index contributed by atoms with van der Waals surface area (Å²) in [6.45, 7) is 7.11. The molecule has 0 aromatic rings. The van der Waals surface area contributed by atoms with E-state index in [1.165, 1.54) is 11.2 Å². The number of hydrogen-bond donors (Lipinski definition) is 0. The SMILES string of the molecule is CB1C(C)=CC=C(C)N1C. The van der Waals surface area contributed by atoms with Crippen LogP contribution in [-0.2, 0) is 0 Å². The third-order valence-corrected chi connectivity index (χ3v) is 2.38. The predicted octanol–water partition coefficient (Wildman–Crippen LogP) is 1.94. The molecule has 0 amide bonds. The summed E-state index contributed by atoms with van der Waals surface area (Å²) >= 11 is 0. The molecule has 0 unspecified atom stereocenters. The summed E-state index contributed by atoms with van der Waals surface area (Å²) in [6.07, 6.45) is 4.36. The molecule has 1 heterocycles. The van der Waals surface area contributed by atoms with Crippen molar-refractivity contribution in [1.29, 1.82) is 0 Å². The molecule has 10 heavy (non-hydrogen) atoms. The van der Waals surface area contributed by atoms with Crippen LogP contribution in [0.25, 0.3) is 0 Å². The molecule has 1 rings (SSSR count). The summed E-state index contributed by atoms with van der Waals surface area (Å²) in [5.74, 6) is 0. The van der Waals surface area contributed by atoms with Crippen molar-refractivity contribution in [2.45, 2.75) is 20.7 Å². The first-order chi connectivity index (χ1) is 4.63. The molecule has 1 nitrogen and oxygen atoms in total. The number of nitrogens with zero attached hydrogens (tertiary/aromatic N) is 1. The minimum atomic E-state index is 0.574. The van der Waals surface area contributed by atoms with E-state index in [0.29, 0.717) is 6.85 Å². The van der Waals surface area contributed by atoms with Crippen LogP contribution >= 0.6 is 0 Å². The topological polar surface area (TPSA) is 3.24 Å². The third kappa shape index (κ3) is 1.11. The van der Waals surface area contributed by atoms with E-state index in [9.17, 15) is 0 Å². The van der Waals surface area contributed by atoms with Gasteiger partial charge in [0.05, 0.1) is 0 Å². The second kappa shape index (κ2) is 2.53. The highest BCUT2D eigenvalue weighted by atomic mass is 15.0. The van der Waals surface area contributed by atoms with Crippen molar-refractivity contribution in [3.8, 4) is 0 Å². The molecule has 0 aliphatic carbocycles. The summed E-state index contributed by atoms with van der Waals surface area (Å²) in [5.41, 5.74) is 2.78. The van der Waals surface area contributed by atoms with Crippen LogP contribution in [0.3, 0.4) is 0 Å². The first-order valence-electron chi connectivity index (χ1n) is 3.71. The average Bonchev–Trinajstić information content (AvgIpc) is 1.93. The lowest BCUT2D eigenvalue weighted by Gasteiger charge is -2.28. The molecule has 54 valence electrons. The molecule has 2 heteroatoms. The quantitative estimate of drug-likeness (QED) is 0.459. The van der Waals surface area contributed by atoms with Gasteiger partial charge in [-0.15, -0.1) is 0 Å². The minimum Gasteiger partial charge on any atom is -0.417 e. The maximum absolute atomic E-state index is 2.29. The molecule has 0 aromatic carbocycles. The first-order valence-corrected chi connectivity index (χ1v) is 3.71. The smallest absolute Gasteiger partial charge is 0.280 e. The Morgan fingerprint density at radius 1 is 1.30 bits per heavy atom. The first kappa shape index (κ1) is 7.45. The van der Waals surface area contributed by atoms with Gasteiger partial charge >= 0.3 is 0 Å². The van der Waals surface area contributed by atoms with E-state index in [2.05, 4.69) is 44.7 Å². The Kier molecular flexibility index (Phi) is 1.88. The van der Waals surface area contributed by atoms with Gasteiger partial charge < -0.3 is 4.81 Å². The van der Waals surface area contributed by atoms with Gasteiger partial charge in [-0.25, -0.2) is 0 Å². The minimum absolute atomic E-state index is 0.574. The summed E-state index contributed by atoms with van der Waals surface area (Å²) in [5, 5.41) is 0. The molecule has 0 N–H and O–H groups in total. The van der Waals surface area contributed by atoms with E-state index in [1.54, 1.807) is 0 Å². The Balaban J connectivity index is 2.86. The molecule has 0 saturated heterocycles. The molecule has 0 radical (unpaired) electrons. The maximum Gasteiger partial charge on any atom is 0.280 e. The van der Waals surface area contributed by atoms with E-state index in [-0.39, 0.29) is 0 Å². The van der Waals surface area contributed by atoms with Gasteiger partial charge in [0.25, 0.3) is 6.85 Å². The van der Waals surface area contributed by atoms with Crippen molar-refractivity contribution in [1.82, 2.24) is 4.81 Å². The molecule has 0 bridgehead atoms. The fourth-order valence-corrected chi connectivity index (χ4v) is 1.12. The Labute approximate surface area is 63.5 Å². The van der Waals surface area contributed by atoms with Gasteiger partial charge in [-0.2, -0.15) is 0 Å². The van der Waals surface area contributed by atoms with Gasteiger partial charge in [-0.1, -0.05) is 18.4 Å². The monoisotopic (exact) mass is 135 g/mol. The zero-order chi connectivity index (χ0) is 7.72. The Morgan fingerprint density at radius 2 is 1.90 bits per heavy atom. The lowest BCUT2D eigenvalue weighted by molar-refractivity contribution is 0.647. The fourth-order valence-electron chi connectivity index (χ4n) is 1.12. The fraction of sp³-hybridized carbons (Fsp3) is 0.500. The molecular weight excluding hydrogens is 121 g/mol. The highest BCUT2D eigenvalue weighted by Crippen LogP contribution is 2.15. The second-order valence-electron chi connectivity index (χ2n) is 3.01. The highest BCUT2D eigenvalue weighted by Gasteiger charge is 2.18. The van der Waals surface area contributed by atoms with Gasteiger partial charge in [0.2, 0.25) is 0 Å². The van der Waals surface area contributed by atoms with Crippen LogP contribution in [0.5, 0.6) is 0 Å². The largest absolute Gasteiger partial charge is 0.417 e. The van der Waals surface area contributed by atoms with Crippen LogP contribution < -0.4 is 0 Å². The average molecular weight is 135 g/mol. The van der Waals surface area contributed by atoms with E-state index < -0.39 is 0 Å². The summed E-state index contributed by atoms with van der Waals surface area (Å²) < 4.78 is 0. The van der Waals surface area contributed by atoms with Crippen LogP contribution in [0.15, 0.2) is 23.3 Å². The van der Waals surface area contributed by atoms with Crippen molar-refractivity contribution in [2.24, 2.45) is 0 Å². The number of hydrogen-bond acceptors (Lipinski definition) is 1. The Hall–Kier alpha value is -0.655. The van der Waals surface area contributed by atoms with Gasteiger partial charge in [0.15, 0.2) is 0 Å². The number of rotatable bonds is 0. The van der Waals surface area contributed by atoms with Gasteiger partial charge in [-0.3, -0.25) is 0 Å². The molecule has 1 aliphatic heterocycles. The van der Waals surface area contributed by atoms with Crippen LogP contribution in [0, 0.1) is 0 Å². The third-order valence-electron chi connectivity index (χ3n) is 2.38. The molecule has 0 fully saturated rings. The summed E-state index contributed by atoms with van der Waals surface area (Å²) in [6, 6.07) is 0. The summed E-state index contributed by atoms with van der Waals surface area (Å²) in [7, 11) is 2.13. The molecule has 0 spiro atoms. The van der Waals surface area contributed by atoms with Crippen LogP contribution in [0.2, 0.25) is 6.82 Å². The lowest BCUT2D eigenvalue weighted by atomic mass is 9.55. The summed E-state index contributed by atoms with van der Waals surface area (Å²) in [4.78, 5) is 2.29. The molecule has 1 aliphatic rings. The van der Waals surface area contributed by atoms with E-state index in [4.69, 9.17) is 0 Å². The second-order valence-corrected chi connectivity index (χ2v) is 3.01. The zero-order valence-electron chi connectivity index (χ0n) is 7.18. The normalized spacial score (nSPS) is 18.8. The predicted molar refractivity (Wildman–Crippen MR) is 46.9 cm³/mol. The van der Waals surface area contributed by atoms with Gasteiger partial charge in [0, 0.05) is 0 Å². The van der Waals surface area contributed by atoms with E-state index in [1.807, 2.05) is 0 Å². The van der Waals surface area contributed by atoms with Crippen molar-refractivity contribution in [3.63, 3.8) is 0 Å². The van der Waals surface area contributed by atoms with Crippen molar-refractivity contribution in [2.75, 3.05) is 7.05 Å². The van der Waals surface area contributed by atoms with Crippen LogP contribution in [0.1, 0.15) is 13.8 Å². The van der Waals surface area contributed by atoms with Crippen molar-refractivity contribution in [3.05, 3.63) is 23.3 Å². The van der Waals surface area contributed by atoms with E-state index in [0.717, 1.165) is 0 Å². The van der Waals surface area contributed by atoms with Crippen LogP contribution in [-0.4, -0.2) is 18.7 Å². The zero-order valence-corrected chi connectivity index (χ0v) is 7.18. The number of allylic oxidation sites excluding steroid dienone is 4. The maximum atomic E-state index is 2.29. The van der Waals surface area contributed by atoms with Crippen LogP contribution in [0.4, 0.5) is 0 Å². The van der Waals surface area contributed by atoms with Crippen molar-refractivity contribution >= 4 is 6.85 Å². The molecule has 0 atom stereocenters. The lowest BCUT2D eigenvalue weighted by Crippen LogP contribution is -2.34. The van der Waals surface area contributed by atoms with E-state index >= 15 is 0 Å². The highest BCUT2D eigenvalue weighted by molar-refractivity contribution is 6.63. The molecular formula is C8H14BN. The standard InChI is InChI=1S/C8H14BN/c1-7-5-6-8(2)10(4)9(7)3/h5-6H,1-4H3. The van der Waals surface area contributed by atoms with Crippen molar-refractivity contribution < 1.29 is 0 Å². The Morgan fingerprint density at radius 3 is 2.40 bits per heavy atom.